The molecule has 0 spiro atoms. The first kappa shape index (κ1) is 13.7. The van der Waals surface area contributed by atoms with Gasteiger partial charge >= 0.3 is 0 Å². The number of anilines is 1. The summed E-state index contributed by atoms with van der Waals surface area (Å²) in [5.41, 5.74) is 3.22. The molecule has 3 aromatic rings. The lowest BCUT2D eigenvalue weighted by molar-refractivity contribution is 0.102. The number of benzene rings is 1. The van der Waals surface area contributed by atoms with Gasteiger partial charge in [-0.1, -0.05) is 0 Å². The maximum atomic E-state index is 12.5. The van der Waals surface area contributed by atoms with Gasteiger partial charge in [-0.05, 0) is 37.1 Å². The van der Waals surface area contributed by atoms with E-state index in [2.05, 4.69) is 25.6 Å². The highest BCUT2D eigenvalue weighted by Crippen LogP contribution is 2.40. The molecule has 0 aliphatic heterocycles. The molecule has 7 heteroatoms. The topological polar surface area (TPSA) is 88.5 Å². The van der Waals surface area contributed by atoms with Crippen LogP contribution in [-0.4, -0.2) is 30.9 Å². The number of H-pyrrole nitrogens is 1. The molecule has 116 valence electrons. The van der Waals surface area contributed by atoms with Crippen LogP contribution >= 0.6 is 0 Å². The lowest BCUT2D eigenvalue weighted by Crippen LogP contribution is -2.13. The molecular weight excluding hydrogens is 292 g/mol. The van der Waals surface area contributed by atoms with Crippen molar-refractivity contribution in [3.05, 3.63) is 48.0 Å². The summed E-state index contributed by atoms with van der Waals surface area (Å²) in [6.45, 7) is 0. The van der Waals surface area contributed by atoms with Gasteiger partial charge in [-0.2, -0.15) is 10.2 Å². The molecule has 0 bridgehead atoms. The molecule has 1 aromatic carbocycles. The first-order chi connectivity index (χ1) is 11.2. The van der Waals surface area contributed by atoms with E-state index in [0.29, 0.717) is 17.3 Å². The van der Waals surface area contributed by atoms with Crippen LogP contribution in [0.25, 0.3) is 11.4 Å². The number of rotatable bonds is 4. The zero-order valence-electron chi connectivity index (χ0n) is 12.7. The van der Waals surface area contributed by atoms with Gasteiger partial charge in [0.05, 0.1) is 11.3 Å². The number of carbonyl (C=O) groups is 1. The highest BCUT2D eigenvalue weighted by molar-refractivity contribution is 6.05. The van der Waals surface area contributed by atoms with Gasteiger partial charge in [0.1, 0.15) is 6.33 Å². The summed E-state index contributed by atoms with van der Waals surface area (Å²) < 4.78 is 1.70. The molecule has 0 unspecified atom stereocenters. The number of nitrogens with one attached hydrogen (secondary N) is 2. The Kier molecular flexibility index (Phi) is 3.18. The van der Waals surface area contributed by atoms with Crippen molar-refractivity contribution in [3.8, 4) is 11.4 Å². The Bertz CT molecular complexity index is 830. The second kappa shape index (κ2) is 5.35. The molecule has 2 N–H and O–H groups in total. The number of hydrogen-bond donors (Lipinski definition) is 2. The van der Waals surface area contributed by atoms with E-state index in [1.54, 1.807) is 10.9 Å². The third-order valence-electron chi connectivity index (χ3n) is 3.90. The average molecular weight is 308 g/mol. The monoisotopic (exact) mass is 308 g/mol. The minimum atomic E-state index is -0.118. The fourth-order valence-corrected chi connectivity index (χ4v) is 2.59. The number of nitrogens with zero attached hydrogens (tertiary/aromatic N) is 4. The first-order valence-corrected chi connectivity index (χ1v) is 7.51. The van der Waals surface area contributed by atoms with Crippen LogP contribution in [0.15, 0.2) is 36.8 Å². The Hall–Kier alpha value is -2.96. The molecule has 4 rings (SSSR count). The van der Waals surface area contributed by atoms with E-state index in [9.17, 15) is 4.79 Å². The van der Waals surface area contributed by atoms with Gasteiger partial charge in [0.25, 0.3) is 5.91 Å². The highest BCUT2D eigenvalue weighted by Gasteiger charge is 2.31. The van der Waals surface area contributed by atoms with Crippen LogP contribution in [0.5, 0.6) is 0 Å². The molecule has 1 fully saturated rings. The zero-order valence-corrected chi connectivity index (χ0v) is 12.7. The number of carbonyl (C=O) groups excluding carboxylic acids is 1. The predicted octanol–water partition coefficient (Wildman–Crippen LogP) is 2.33. The number of aryl methyl sites for hydroxylation is 1. The van der Waals surface area contributed by atoms with Crippen LogP contribution in [0, 0.1) is 0 Å². The van der Waals surface area contributed by atoms with E-state index in [4.69, 9.17) is 0 Å². The maximum absolute atomic E-state index is 12.5. The standard InChI is InChI=1S/C16H16N6O/c1-22-8-13(14(21-22)10-2-3-10)16(23)19-12-6-4-11(5-7-12)15-17-9-18-20-15/h4-10H,2-3H2,1H3,(H,19,23)(H,17,18,20). The average Bonchev–Trinajstić information content (AvgIpc) is 3.09. The molecule has 1 aliphatic rings. The number of amides is 1. The third kappa shape index (κ3) is 2.73. The number of aromatic nitrogens is 5. The molecule has 2 aromatic heterocycles. The van der Waals surface area contributed by atoms with Crippen molar-refractivity contribution in [2.75, 3.05) is 5.32 Å². The summed E-state index contributed by atoms with van der Waals surface area (Å²) in [7, 11) is 1.84. The summed E-state index contributed by atoms with van der Waals surface area (Å²) in [5, 5.41) is 14.0. The highest BCUT2D eigenvalue weighted by atomic mass is 16.1. The summed E-state index contributed by atoms with van der Waals surface area (Å²) in [6.07, 6.45) is 5.48. The Labute approximate surface area is 132 Å². The Balaban J connectivity index is 1.52. The number of hydrogen-bond acceptors (Lipinski definition) is 4. The quantitative estimate of drug-likeness (QED) is 0.774. The van der Waals surface area contributed by atoms with Gasteiger partial charge < -0.3 is 5.32 Å². The normalized spacial score (nSPS) is 14.0. The van der Waals surface area contributed by atoms with Gasteiger partial charge in [0.15, 0.2) is 5.82 Å². The molecule has 2 heterocycles. The van der Waals surface area contributed by atoms with Gasteiger partial charge in [-0.3, -0.25) is 14.6 Å². The second-order valence-electron chi connectivity index (χ2n) is 5.74. The van der Waals surface area contributed by atoms with Crippen molar-refractivity contribution in [2.45, 2.75) is 18.8 Å². The SMILES string of the molecule is Cn1cc(C(=O)Nc2ccc(-c3ncn[nH]3)cc2)c(C2CC2)n1. The van der Waals surface area contributed by atoms with E-state index in [-0.39, 0.29) is 5.91 Å². The van der Waals surface area contributed by atoms with Crippen molar-refractivity contribution in [1.29, 1.82) is 0 Å². The number of aromatic amines is 1. The Morgan fingerprint density at radius 1 is 1.30 bits per heavy atom. The van der Waals surface area contributed by atoms with Gasteiger partial charge in [-0.25, -0.2) is 4.98 Å². The second-order valence-corrected chi connectivity index (χ2v) is 5.74. The van der Waals surface area contributed by atoms with Crippen LogP contribution in [-0.2, 0) is 7.05 Å². The van der Waals surface area contributed by atoms with E-state index >= 15 is 0 Å². The lowest BCUT2D eigenvalue weighted by atomic mass is 10.1. The molecule has 0 atom stereocenters. The van der Waals surface area contributed by atoms with Crippen molar-refractivity contribution < 1.29 is 4.79 Å². The van der Waals surface area contributed by atoms with E-state index in [1.165, 1.54) is 6.33 Å². The minimum absolute atomic E-state index is 0.118. The van der Waals surface area contributed by atoms with Crippen LogP contribution in [0.4, 0.5) is 5.69 Å². The van der Waals surface area contributed by atoms with Crippen molar-refractivity contribution in [1.82, 2.24) is 25.0 Å². The van der Waals surface area contributed by atoms with Crippen LogP contribution in [0.2, 0.25) is 0 Å². The van der Waals surface area contributed by atoms with Crippen molar-refractivity contribution in [2.24, 2.45) is 7.05 Å². The summed E-state index contributed by atoms with van der Waals surface area (Å²) >= 11 is 0. The molecule has 0 saturated heterocycles. The summed E-state index contributed by atoms with van der Waals surface area (Å²) in [4.78, 5) is 16.6. The van der Waals surface area contributed by atoms with E-state index in [0.717, 1.165) is 29.8 Å². The predicted molar refractivity (Wildman–Crippen MR) is 85.0 cm³/mol. The minimum Gasteiger partial charge on any atom is -0.322 e. The molecule has 1 amide bonds. The summed E-state index contributed by atoms with van der Waals surface area (Å²) in [6, 6.07) is 7.48. The Morgan fingerprint density at radius 3 is 2.74 bits per heavy atom. The molecule has 23 heavy (non-hydrogen) atoms. The van der Waals surface area contributed by atoms with Crippen LogP contribution < -0.4 is 5.32 Å². The van der Waals surface area contributed by atoms with E-state index < -0.39 is 0 Å². The molecule has 1 aliphatic carbocycles. The molecule has 1 saturated carbocycles. The van der Waals surface area contributed by atoms with E-state index in [1.807, 2.05) is 31.3 Å². The van der Waals surface area contributed by atoms with Crippen LogP contribution in [0.3, 0.4) is 0 Å². The van der Waals surface area contributed by atoms with Crippen LogP contribution in [0.1, 0.15) is 34.8 Å². The molecular formula is C16H16N6O. The lowest BCUT2D eigenvalue weighted by Gasteiger charge is -2.05. The molecule has 7 nitrogen and oxygen atoms in total. The van der Waals surface area contributed by atoms with Gasteiger partial charge in [-0.15, -0.1) is 0 Å². The Morgan fingerprint density at radius 2 is 2.09 bits per heavy atom. The fraction of sp³-hybridized carbons (Fsp3) is 0.250. The van der Waals surface area contributed by atoms with Gasteiger partial charge in [0.2, 0.25) is 0 Å². The smallest absolute Gasteiger partial charge is 0.259 e. The van der Waals surface area contributed by atoms with Gasteiger partial charge in [0, 0.05) is 30.4 Å². The largest absolute Gasteiger partial charge is 0.322 e. The van der Waals surface area contributed by atoms with Crippen molar-refractivity contribution >= 4 is 11.6 Å². The molecule has 0 radical (unpaired) electrons. The fourth-order valence-electron chi connectivity index (χ4n) is 2.59. The zero-order chi connectivity index (χ0) is 15.8. The summed E-state index contributed by atoms with van der Waals surface area (Å²) in [5.74, 6) is 1.02. The third-order valence-corrected chi connectivity index (χ3v) is 3.90. The maximum Gasteiger partial charge on any atom is 0.259 e. The van der Waals surface area contributed by atoms with Crippen molar-refractivity contribution in [3.63, 3.8) is 0 Å². The first-order valence-electron chi connectivity index (χ1n) is 7.51.